The van der Waals surface area contributed by atoms with Crippen molar-refractivity contribution in [2.24, 2.45) is 5.92 Å². The fourth-order valence-electron chi connectivity index (χ4n) is 3.06. The van der Waals surface area contributed by atoms with E-state index in [9.17, 15) is 4.79 Å². The van der Waals surface area contributed by atoms with Crippen LogP contribution < -0.4 is 5.32 Å². The highest BCUT2D eigenvalue weighted by Crippen LogP contribution is 2.27. The number of nitrogens with zero attached hydrogens (tertiary/aromatic N) is 2. The van der Waals surface area contributed by atoms with Gasteiger partial charge in [0.25, 0.3) is 0 Å². The Morgan fingerprint density at radius 3 is 2.52 bits per heavy atom. The Morgan fingerprint density at radius 1 is 1.20 bits per heavy atom. The third kappa shape index (κ3) is 7.07. The molecule has 25 heavy (non-hydrogen) atoms. The number of carbonyl (C=O) groups excluding carboxylic acids is 1. The van der Waals surface area contributed by atoms with Crippen molar-refractivity contribution in [3.05, 3.63) is 35.9 Å². The van der Waals surface area contributed by atoms with Crippen LogP contribution >= 0.6 is 0 Å². The molecule has 0 radical (unpaired) electrons. The minimum atomic E-state index is 0.0907. The van der Waals surface area contributed by atoms with Crippen LogP contribution in [-0.4, -0.2) is 48.6 Å². The lowest BCUT2D eigenvalue weighted by Gasteiger charge is -2.32. The van der Waals surface area contributed by atoms with Crippen molar-refractivity contribution in [2.45, 2.75) is 58.5 Å². The third-order valence-electron chi connectivity index (χ3n) is 5.30. The quantitative estimate of drug-likeness (QED) is 0.648. The number of carbonyl (C=O) groups is 1. The van der Waals surface area contributed by atoms with Gasteiger partial charge in [0, 0.05) is 25.7 Å². The molecule has 0 heterocycles. The van der Waals surface area contributed by atoms with Crippen molar-refractivity contribution in [2.75, 3.05) is 26.7 Å². The average Bonchev–Trinajstić information content (AvgIpc) is 2.57. The lowest BCUT2D eigenvalue weighted by atomic mass is 9.85. The lowest BCUT2D eigenvalue weighted by Crippen LogP contribution is -2.43. The molecule has 0 unspecified atom stereocenters. The van der Waals surface area contributed by atoms with Crippen LogP contribution in [0.4, 0.5) is 4.79 Å². The van der Waals surface area contributed by atoms with Gasteiger partial charge < -0.3 is 15.1 Å². The number of hydrogen-bond acceptors (Lipinski definition) is 2. The van der Waals surface area contributed by atoms with Crippen molar-refractivity contribution < 1.29 is 4.79 Å². The summed E-state index contributed by atoms with van der Waals surface area (Å²) in [6, 6.07) is 11.0. The van der Waals surface area contributed by atoms with Crippen LogP contribution in [0.5, 0.6) is 0 Å². The average molecular weight is 346 g/mol. The van der Waals surface area contributed by atoms with Crippen LogP contribution in [-0.2, 0) is 6.54 Å². The molecule has 0 aliphatic heterocycles. The van der Waals surface area contributed by atoms with Gasteiger partial charge >= 0.3 is 6.03 Å². The predicted octanol–water partition coefficient (Wildman–Crippen LogP) is 4.12. The number of benzene rings is 1. The Hall–Kier alpha value is -1.55. The van der Waals surface area contributed by atoms with E-state index in [2.05, 4.69) is 43.2 Å². The summed E-state index contributed by atoms with van der Waals surface area (Å²) in [5.74, 6) is 0.689. The fraction of sp³-hybridized carbons (Fsp3) is 0.667. The molecule has 0 spiro atoms. The molecule has 1 aliphatic carbocycles. The molecule has 0 saturated heterocycles. The highest BCUT2D eigenvalue weighted by atomic mass is 16.2. The minimum Gasteiger partial charge on any atom is -0.338 e. The maximum atomic E-state index is 12.6. The molecule has 0 atom stereocenters. The summed E-state index contributed by atoms with van der Waals surface area (Å²) in [5, 5.41) is 3.13. The molecule has 1 aromatic rings. The van der Waals surface area contributed by atoms with Gasteiger partial charge in [0.1, 0.15) is 0 Å². The highest BCUT2D eigenvalue weighted by molar-refractivity contribution is 5.74. The number of rotatable bonds is 10. The Kier molecular flexibility index (Phi) is 8.26. The van der Waals surface area contributed by atoms with Crippen molar-refractivity contribution in [3.8, 4) is 0 Å². The summed E-state index contributed by atoms with van der Waals surface area (Å²) in [5.41, 5.74) is 1.20. The Bertz CT molecular complexity index is 499. The fourth-order valence-corrected chi connectivity index (χ4v) is 3.06. The predicted molar refractivity (Wildman–Crippen MR) is 105 cm³/mol. The molecule has 2 amide bonds. The first-order chi connectivity index (χ1) is 12.1. The van der Waals surface area contributed by atoms with Gasteiger partial charge in [0.2, 0.25) is 0 Å². The van der Waals surface area contributed by atoms with Crippen molar-refractivity contribution in [1.82, 2.24) is 15.1 Å². The molecule has 0 aromatic heterocycles. The van der Waals surface area contributed by atoms with E-state index in [0.717, 1.165) is 32.5 Å². The molecule has 4 nitrogen and oxygen atoms in total. The summed E-state index contributed by atoms with van der Waals surface area (Å²) in [4.78, 5) is 17.0. The van der Waals surface area contributed by atoms with Gasteiger partial charge in [-0.1, -0.05) is 36.8 Å². The summed E-state index contributed by atoms with van der Waals surface area (Å²) in [7, 11) is 2.16. The SMILES string of the molecule is CC(C)N(C)CCCCNC(=O)N(Cc1ccccc1)CC1CCC1. The number of urea groups is 1. The van der Waals surface area contributed by atoms with Crippen LogP contribution in [0, 0.1) is 5.92 Å². The van der Waals surface area contributed by atoms with E-state index in [0.29, 0.717) is 18.5 Å². The van der Waals surface area contributed by atoms with Gasteiger partial charge in [0.15, 0.2) is 0 Å². The Balaban J connectivity index is 1.75. The largest absolute Gasteiger partial charge is 0.338 e. The molecule has 0 bridgehead atoms. The topological polar surface area (TPSA) is 35.6 Å². The van der Waals surface area contributed by atoms with E-state index in [1.807, 2.05) is 23.1 Å². The Labute approximate surface area is 153 Å². The van der Waals surface area contributed by atoms with Gasteiger partial charge in [-0.25, -0.2) is 4.79 Å². The van der Waals surface area contributed by atoms with Crippen LogP contribution in [0.15, 0.2) is 30.3 Å². The summed E-state index contributed by atoms with van der Waals surface area (Å²) >= 11 is 0. The third-order valence-corrected chi connectivity index (χ3v) is 5.30. The first kappa shape index (κ1) is 19.8. The maximum absolute atomic E-state index is 12.6. The van der Waals surface area contributed by atoms with Crippen molar-refractivity contribution in [3.63, 3.8) is 0 Å². The summed E-state index contributed by atoms with van der Waals surface area (Å²) in [6.45, 7) is 7.87. The zero-order chi connectivity index (χ0) is 18.1. The van der Waals surface area contributed by atoms with E-state index < -0.39 is 0 Å². The van der Waals surface area contributed by atoms with Gasteiger partial charge in [-0.2, -0.15) is 0 Å². The Morgan fingerprint density at radius 2 is 1.92 bits per heavy atom. The monoisotopic (exact) mass is 345 g/mol. The first-order valence-corrected chi connectivity index (χ1v) is 9.83. The number of hydrogen-bond donors (Lipinski definition) is 1. The maximum Gasteiger partial charge on any atom is 0.317 e. The molecular weight excluding hydrogens is 310 g/mol. The van der Waals surface area contributed by atoms with Crippen molar-refractivity contribution in [1.29, 1.82) is 0 Å². The zero-order valence-electron chi connectivity index (χ0n) is 16.2. The molecule has 2 rings (SSSR count). The molecule has 1 N–H and O–H groups in total. The number of nitrogens with one attached hydrogen (secondary N) is 1. The molecule has 4 heteroatoms. The smallest absolute Gasteiger partial charge is 0.317 e. The van der Waals surface area contributed by atoms with Crippen LogP contribution in [0.2, 0.25) is 0 Å². The molecule has 140 valence electrons. The highest BCUT2D eigenvalue weighted by Gasteiger charge is 2.23. The second kappa shape index (κ2) is 10.4. The van der Waals surface area contributed by atoms with Gasteiger partial charge in [0.05, 0.1) is 0 Å². The van der Waals surface area contributed by atoms with Gasteiger partial charge in [-0.15, -0.1) is 0 Å². The van der Waals surface area contributed by atoms with E-state index in [1.165, 1.54) is 24.8 Å². The molecule has 1 aliphatic rings. The lowest BCUT2D eigenvalue weighted by molar-refractivity contribution is 0.164. The molecule has 1 fully saturated rings. The van der Waals surface area contributed by atoms with Gasteiger partial charge in [-0.05, 0) is 64.6 Å². The van der Waals surface area contributed by atoms with Crippen LogP contribution in [0.1, 0.15) is 51.5 Å². The van der Waals surface area contributed by atoms with E-state index >= 15 is 0 Å². The second-order valence-electron chi connectivity index (χ2n) is 7.68. The van der Waals surface area contributed by atoms with E-state index in [-0.39, 0.29) is 6.03 Å². The second-order valence-corrected chi connectivity index (χ2v) is 7.68. The first-order valence-electron chi connectivity index (χ1n) is 9.83. The normalized spacial score (nSPS) is 14.6. The number of amides is 2. The minimum absolute atomic E-state index is 0.0907. The molecule has 1 aromatic carbocycles. The summed E-state index contributed by atoms with van der Waals surface area (Å²) < 4.78 is 0. The van der Waals surface area contributed by atoms with Crippen LogP contribution in [0.25, 0.3) is 0 Å². The van der Waals surface area contributed by atoms with E-state index in [1.54, 1.807) is 0 Å². The standard InChI is InChI=1S/C21H35N3O/c1-18(2)23(3)15-8-7-14-22-21(25)24(17-20-12-9-13-20)16-19-10-5-4-6-11-19/h4-6,10-11,18,20H,7-9,12-17H2,1-3H3,(H,22,25). The molecular formula is C21H35N3O. The van der Waals surface area contributed by atoms with Crippen molar-refractivity contribution >= 4 is 6.03 Å². The van der Waals surface area contributed by atoms with Crippen LogP contribution in [0.3, 0.4) is 0 Å². The number of unbranched alkanes of at least 4 members (excludes halogenated alkanes) is 1. The zero-order valence-corrected chi connectivity index (χ0v) is 16.2. The molecule has 1 saturated carbocycles. The van der Waals surface area contributed by atoms with Gasteiger partial charge in [-0.3, -0.25) is 0 Å². The van der Waals surface area contributed by atoms with E-state index in [4.69, 9.17) is 0 Å². The summed E-state index contributed by atoms with van der Waals surface area (Å²) in [6.07, 6.45) is 6.00.